The SMILES string of the molecule is CCOC(=O)c1ccc(S(=O)(=O)N2CCC3NCCC3C2)cc1.Cl. The van der Waals surface area contributed by atoms with Gasteiger partial charge in [0, 0.05) is 19.1 Å². The lowest BCUT2D eigenvalue weighted by molar-refractivity contribution is 0.0526. The summed E-state index contributed by atoms with van der Waals surface area (Å²) < 4.78 is 32.0. The van der Waals surface area contributed by atoms with Crippen molar-refractivity contribution in [2.75, 3.05) is 26.2 Å². The summed E-state index contributed by atoms with van der Waals surface area (Å²) in [5.41, 5.74) is 0.365. The number of fused-ring (bicyclic) bond motifs is 1. The highest BCUT2D eigenvalue weighted by Gasteiger charge is 2.37. The van der Waals surface area contributed by atoms with Crippen LogP contribution in [0.25, 0.3) is 0 Å². The molecule has 2 atom stereocenters. The third kappa shape index (κ3) is 3.74. The molecule has 0 radical (unpaired) electrons. The van der Waals surface area contributed by atoms with Crippen LogP contribution in [0.4, 0.5) is 0 Å². The topological polar surface area (TPSA) is 75.7 Å². The van der Waals surface area contributed by atoms with Gasteiger partial charge in [0.05, 0.1) is 17.1 Å². The van der Waals surface area contributed by atoms with Gasteiger partial charge in [0.2, 0.25) is 10.0 Å². The van der Waals surface area contributed by atoms with E-state index in [1.807, 2.05) is 0 Å². The van der Waals surface area contributed by atoms with Crippen LogP contribution in [0.2, 0.25) is 0 Å². The molecule has 24 heavy (non-hydrogen) atoms. The second kappa shape index (κ2) is 7.82. The average molecular weight is 375 g/mol. The van der Waals surface area contributed by atoms with Crippen molar-refractivity contribution in [2.24, 2.45) is 5.92 Å². The first-order chi connectivity index (χ1) is 11.0. The van der Waals surface area contributed by atoms with Crippen molar-refractivity contribution < 1.29 is 17.9 Å². The van der Waals surface area contributed by atoms with Crippen molar-refractivity contribution in [3.63, 3.8) is 0 Å². The molecule has 3 rings (SSSR count). The number of sulfonamides is 1. The van der Waals surface area contributed by atoms with Crippen LogP contribution < -0.4 is 5.32 Å². The second-order valence-electron chi connectivity index (χ2n) is 6.01. The van der Waals surface area contributed by atoms with Crippen LogP contribution in [0.3, 0.4) is 0 Å². The Hall–Kier alpha value is -1.15. The monoisotopic (exact) mass is 374 g/mol. The molecule has 2 aliphatic rings. The summed E-state index contributed by atoms with van der Waals surface area (Å²) in [5, 5.41) is 3.43. The lowest BCUT2D eigenvalue weighted by Gasteiger charge is -2.34. The van der Waals surface area contributed by atoms with E-state index in [1.165, 1.54) is 24.3 Å². The number of nitrogens with one attached hydrogen (secondary N) is 1. The van der Waals surface area contributed by atoms with E-state index in [4.69, 9.17) is 4.74 Å². The van der Waals surface area contributed by atoms with Crippen LogP contribution in [-0.4, -0.2) is 51.0 Å². The zero-order chi connectivity index (χ0) is 16.4. The predicted octanol–water partition coefficient (Wildman–Crippen LogP) is 1.66. The number of esters is 1. The Labute approximate surface area is 149 Å². The number of carbonyl (C=O) groups is 1. The molecule has 2 saturated heterocycles. The fourth-order valence-electron chi connectivity index (χ4n) is 3.36. The zero-order valence-electron chi connectivity index (χ0n) is 13.6. The highest BCUT2D eigenvalue weighted by molar-refractivity contribution is 7.89. The van der Waals surface area contributed by atoms with E-state index in [2.05, 4.69) is 5.32 Å². The molecule has 1 N–H and O–H groups in total. The first-order valence-corrected chi connectivity index (χ1v) is 9.47. The van der Waals surface area contributed by atoms with E-state index in [9.17, 15) is 13.2 Å². The Balaban J connectivity index is 0.00000208. The predicted molar refractivity (Wildman–Crippen MR) is 92.9 cm³/mol. The van der Waals surface area contributed by atoms with Gasteiger partial charge in [0.25, 0.3) is 0 Å². The van der Waals surface area contributed by atoms with Crippen molar-refractivity contribution in [2.45, 2.75) is 30.7 Å². The molecule has 8 heteroatoms. The molecule has 0 amide bonds. The molecule has 0 aromatic heterocycles. The maximum Gasteiger partial charge on any atom is 0.338 e. The van der Waals surface area contributed by atoms with Crippen molar-refractivity contribution >= 4 is 28.4 Å². The first kappa shape index (κ1) is 19.2. The molecule has 1 aromatic carbocycles. The number of benzene rings is 1. The van der Waals surface area contributed by atoms with Crippen LogP contribution in [-0.2, 0) is 14.8 Å². The van der Waals surface area contributed by atoms with Gasteiger partial charge >= 0.3 is 5.97 Å². The Kier molecular flexibility index (Phi) is 6.25. The van der Waals surface area contributed by atoms with Gasteiger partial charge in [-0.25, -0.2) is 13.2 Å². The van der Waals surface area contributed by atoms with Gasteiger partial charge in [0.15, 0.2) is 0 Å². The molecule has 1 aromatic rings. The minimum absolute atomic E-state index is 0. The highest BCUT2D eigenvalue weighted by atomic mass is 35.5. The smallest absolute Gasteiger partial charge is 0.338 e. The molecular weight excluding hydrogens is 352 g/mol. The Morgan fingerprint density at radius 3 is 2.67 bits per heavy atom. The molecule has 2 aliphatic heterocycles. The van der Waals surface area contributed by atoms with Crippen molar-refractivity contribution in [1.82, 2.24) is 9.62 Å². The number of hydrogen-bond donors (Lipinski definition) is 1. The fourth-order valence-corrected chi connectivity index (χ4v) is 4.87. The molecule has 0 bridgehead atoms. The van der Waals surface area contributed by atoms with Crippen molar-refractivity contribution in [3.05, 3.63) is 29.8 Å². The largest absolute Gasteiger partial charge is 0.462 e. The quantitative estimate of drug-likeness (QED) is 0.811. The molecule has 0 spiro atoms. The third-order valence-electron chi connectivity index (χ3n) is 4.62. The van der Waals surface area contributed by atoms with E-state index in [-0.39, 0.29) is 17.3 Å². The van der Waals surface area contributed by atoms with E-state index < -0.39 is 16.0 Å². The van der Waals surface area contributed by atoms with Crippen LogP contribution in [0.15, 0.2) is 29.2 Å². The summed E-state index contributed by atoms with van der Waals surface area (Å²) in [5.74, 6) is -0.0355. The van der Waals surface area contributed by atoms with E-state index in [0.29, 0.717) is 37.2 Å². The van der Waals surface area contributed by atoms with E-state index >= 15 is 0 Å². The number of rotatable bonds is 4. The van der Waals surface area contributed by atoms with Gasteiger partial charge in [-0.15, -0.1) is 12.4 Å². The summed E-state index contributed by atoms with van der Waals surface area (Å²) in [4.78, 5) is 11.9. The maximum atomic E-state index is 12.8. The van der Waals surface area contributed by atoms with Gasteiger partial charge in [-0.05, 0) is 56.5 Å². The number of halogens is 1. The summed E-state index contributed by atoms with van der Waals surface area (Å²) in [6, 6.07) is 6.44. The minimum atomic E-state index is -3.50. The van der Waals surface area contributed by atoms with Gasteiger partial charge in [-0.1, -0.05) is 0 Å². The lowest BCUT2D eigenvalue weighted by atomic mass is 9.95. The maximum absolute atomic E-state index is 12.8. The lowest BCUT2D eigenvalue weighted by Crippen LogP contribution is -2.46. The Morgan fingerprint density at radius 2 is 2.00 bits per heavy atom. The molecular formula is C16H23ClN2O4S. The minimum Gasteiger partial charge on any atom is -0.462 e. The fraction of sp³-hybridized carbons (Fsp3) is 0.562. The van der Waals surface area contributed by atoms with Gasteiger partial charge in [-0.2, -0.15) is 4.31 Å². The summed E-state index contributed by atoms with van der Waals surface area (Å²) in [7, 11) is -3.50. The molecule has 2 fully saturated rings. The van der Waals surface area contributed by atoms with Gasteiger partial charge < -0.3 is 10.1 Å². The number of hydrogen-bond acceptors (Lipinski definition) is 5. The molecule has 134 valence electrons. The first-order valence-electron chi connectivity index (χ1n) is 8.03. The van der Waals surface area contributed by atoms with Crippen molar-refractivity contribution in [1.29, 1.82) is 0 Å². The normalized spacial score (nSPS) is 24.0. The Bertz CT molecular complexity index is 678. The zero-order valence-corrected chi connectivity index (χ0v) is 15.2. The highest BCUT2D eigenvalue weighted by Crippen LogP contribution is 2.28. The summed E-state index contributed by atoms with van der Waals surface area (Å²) in [6.07, 6.45) is 1.88. The number of nitrogens with zero attached hydrogens (tertiary/aromatic N) is 1. The average Bonchev–Trinajstić information content (AvgIpc) is 3.03. The molecule has 2 heterocycles. The van der Waals surface area contributed by atoms with Gasteiger partial charge in [-0.3, -0.25) is 0 Å². The Morgan fingerprint density at radius 1 is 1.29 bits per heavy atom. The van der Waals surface area contributed by atoms with Gasteiger partial charge in [0.1, 0.15) is 0 Å². The van der Waals surface area contributed by atoms with E-state index in [1.54, 1.807) is 11.2 Å². The molecule has 6 nitrogen and oxygen atoms in total. The van der Waals surface area contributed by atoms with Crippen LogP contribution in [0, 0.1) is 5.92 Å². The van der Waals surface area contributed by atoms with Crippen LogP contribution in [0.1, 0.15) is 30.1 Å². The number of ether oxygens (including phenoxy) is 1. The molecule has 0 aliphatic carbocycles. The standard InChI is InChI=1S/C16H22N2O4S.ClH/c1-2-22-16(19)12-3-5-14(6-4-12)23(20,21)18-10-8-15-13(11-18)7-9-17-15;/h3-6,13,15,17H,2,7-11H2,1H3;1H. The van der Waals surface area contributed by atoms with E-state index in [0.717, 1.165) is 19.4 Å². The summed E-state index contributed by atoms with van der Waals surface area (Å²) in [6.45, 7) is 4.11. The molecule has 0 saturated carbocycles. The van der Waals surface area contributed by atoms with Crippen molar-refractivity contribution in [3.8, 4) is 0 Å². The third-order valence-corrected chi connectivity index (χ3v) is 6.50. The van der Waals surface area contributed by atoms with Crippen LogP contribution >= 0.6 is 12.4 Å². The van der Waals surface area contributed by atoms with Crippen LogP contribution in [0.5, 0.6) is 0 Å². The number of carbonyl (C=O) groups excluding carboxylic acids is 1. The molecule has 2 unspecified atom stereocenters. The summed E-state index contributed by atoms with van der Waals surface area (Å²) >= 11 is 0. The number of piperidine rings is 1. The second-order valence-corrected chi connectivity index (χ2v) is 7.94.